The summed E-state index contributed by atoms with van der Waals surface area (Å²) in [4.78, 5) is 51.5. The van der Waals surface area contributed by atoms with Crippen molar-refractivity contribution in [1.82, 2.24) is 4.90 Å². The molecule has 0 radical (unpaired) electrons. The van der Waals surface area contributed by atoms with Crippen LogP contribution in [0, 0.1) is 6.92 Å². The Hall–Kier alpha value is -3.99. The fourth-order valence-corrected chi connectivity index (χ4v) is 4.96. The molecule has 0 aliphatic carbocycles. The van der Waals surface area contributed by atoms with Crippen LogP contribution in [0.25, 0.3) is 6.08 Å². The fraction of sp³-hybridized carbons (Fsp3) is 0.172. The summed E-state index contributed by atoms with van der Waals surface area (Å²) in [5.74, 6) is -0.826. The maximum atomic E-state index is 13.0. The number of aryl methyl sites for hydroxylation is 1. The molecule has 1 fully saturated rings. The van der Waals surface area contributed by atoms with Crippen molar-refractivity contribution >= 4 is 75.4 Å². The van der Waals surface area contributed by atoms with Gasteiger partial charge in [-0.05, 0) is 85.3 Å². The van der Waals surface area contributed by atoms with E-state index in [1.54, 1.807) is 74.5 Å². The largest absolute Gasteiger partial charge is 0.490 e. The lowest BCUT2D eigenvalue weighted by atomic mass is 10.2. The Morgan fingerprint density at radius 1 is 0.927 bits per heavy atom. The molecule has 9 nitrogen and oxygen atoms in total. The second-order valence-electron chi connectivity index (χ2n) is 8.76. The maximum Gasteiger partial charge on any atom is 0.294 e. The number of benzene rings is 3. The number of amides is 4. The topological polar surface area (TPSA) is 114 Å². The van der Waals surface area contributed by atoms with Crippen molar-refractivity contribution in [2.75, 3.05) is 30.4 Å². The third-order valence-electron chi connectivity index (χ3n) is 5.68. The zero-order valence-corrected chi connectivity index (χ0v) is 24.4. The first-order valence-electron chi connectivity index (χ1n) is 12.4. The fourth-order valence-electron chi connectivity index (χ4n) is 3.76. The van der Waals surface area contributed by atoms with E-state index in [9.17, 15) is 19.2 Å². The van der Waals surface area contributed by atoms with Crippen molar-refractivity contribution in [1.29, 1.82) is 0 Å². The molecule has 0 unspecified atom stereocenters. The number of carbonyl (C=O) groups is 4. The van der Waals surface area contributed by atoms with E-state index >= 15 is 0 Å². The van der Waals surface area contributed by atoms with Gasteiger partial charge in [-0.15, -0.1) is 0 Å². The smallest absolute Gasteiger partial charge is 0.294 e. The Kier molecular flexibility index (Phi) is 9.93. The quantitative estimate of drug-likeness (QED) is 0.254. The van der Waals surface area contributed by atoms with Gasteiger partial charge >= 0.3 is 0 Å². The van der Waals surface area contributed by atoms with Crippen LogP contribution in [0.15, 0.2) is 65.6 Å². The zero-order valence-electron chi connectivity index (χ0n) is 22.0. The molecule has 4 rings (SSSR count). The number of nitrogens with one attached hydrogen (secondary N) is 2. The third-order valence-corrected chi connectivity index (χ3v) is 7.06. The highest BCUT2D eigenvalue weighted by Crippen LogP contribution is 2.35. The van der Waals surface area contributed by atoms with E-state index in [4.69, 9.17) is 32.7 Å². The number of carbonyl (C=O) groups excluding carboxylic acids is 4. The van der Waals surface area contributed by atoms with Gasteiger partial charge in [0.2, 0.25) is 5.91 Å². The van der Waals surface area contributed by atoms with Gasteiger partial charge in [-0.1, -0.05) is 41.4 Å². The van der Waals surface area contributed by atoms with Gasteiger partial charge in [0.1, 0.15) is 6.54 Å². The molecule has 1 aliphatic heterocycles. The van der Waals surface area contributed by atoms with E-state index in [0.29, 0.717) is 45.1 Å². The van der Waals surface area contributed by atoms with Crippen LogP contribution in [0.5, 0.6) is 11.5 Å². The molecule has 1 heterocycles. The van der Waals surface area contributed by atoms with Crippen LogP contribution in [-0.2, 0) is 14.4 Å². The van der Waals surface area contributed by atoms with Crippen molar-refractivity contribution in [2.45, 2.75) is 13.8 Å². The first-order chi connectivity index (χ1) is 19.6. The van der Waals surface area contributed by atoms with E-state index in [1.807, 2.05) is 0 Å². The molecule has 1 aliphatic rings. The van der Waals surface area contributed by atoms with Crippen LogP contribution in [-0.4, -0.2) is 47.6 Å². The lowest BCUT2D eigenvalue weighted by Gasteiger charge is -2.14. The highest BCUT2D eigenvalue weighted by molar-refractivity contribution is 8.18. The average Bonchev–Trinajstić information content (AvgIpc) is 3.17. The molecular formula is C29H25Cl2N3O6S. The highest BCUT2D eigenvalue weighted by atomic mass is 35.5. The number of imide groups is 1. The van der Waals surface area contributed by atoms with Gasteiger partial charge in [-0.2, -0.15) is 0 Å². The van der Waals surface area contributed by atoms with Gasteiger partial charge in [-0.3, -0.25) is 24.1 Å². The van der Waals surface area contributed by atoms with E-state index in [-0.39, 0.29) is 17.4 Å². The van der Waals surface area contributed by atoms with Crippen molar-refractivity contribution in [3.05, 3.63) is 86.7 Å². The van der Waals surface area contributed by atoms with E-state index < -0.39 is 23.6 Å². The van der Waals surface area contributed by atoms with Gasteiger partial charge in [0.05, 0.1) is 11.5 Å². The third kappa shape index (κ3) is 8.03. The molecular weight excluding hydrogens is 589 g/mol. The van der Waals surface area contributed by atoms with Gasteiger partial charge in [0.25, 0.3) is 17.1 Å². The first kappa shape index (κ1) is 30.0. The lowest BCUT2D eigenvalue weighted by Crippen LogP contribution is -2.36. The van der Waals surface area contributed by atoms with Crippen molar-refractivity contribution in [3.63, 3.8) is 0 Å². The van der Waals surface area contributed by atoms with Crippen molar-refractivity contribution < 1.29 is 28.7 Å². The number of hydrogen-bond donors (Lipinski definition) is 2. The second kappa shape index (κ2) is 13.6. The van der Waals surface area contributed by atoms with E-state index in [1.165, 1.54) is 6.08 Å². The van der Waals surface area contributed by atoms with Gasteiger partial charge < -0.3 is 20.1 Å². The summed E-state index contributed by atoms with van der Waals surface area (Å²) in [7, 11) is 0. The summed E-state index contributed by atoms with van der Waals surface area (Å²) in [5, 5.41) is 5.76. The molecule has 4 amide bonds. The van der Waals surface area contributed by atoms with Crippen LogP contribution in [0.1, 0.15) is 18.1 Å². The van der Waals surface area contributed by atoms with Crippen LogP contribution in [0.4, 0.5) is 16.2 Å². The van der Waals surface area contributed by atoms with Crippen LogP contribution >= 0.6 is 35.0 Å². The molecule has 0 saturated carbocycles. The predicted molar refractivity (Wildman–Crippen MR) is 161 cm³/mol. The minimum absolute atomic E-state index is 0.152. The van der Waals surface area contributed by atoms with E-state index in [2.05, 4.69) is 10.6 Å². The maximum absolute atomic E-state index is 13.0. The Morgan fingerprint density at radius 3 is 2.46 bits per heavy atom. The number of hydrogen-bond acceptors (Lipinski definition) is 7. The standard InChI is InChI=1S/C29H25Cl2N3O6S/c1-3-39-24-11-18(8-10-23(24)40-16-27(36)32-21-6-4-5-19(30)13-21)12-25-28(37)34(29(38)41-25)15-26(35)33-22-14-20(31)9-7-17(22)2/h4-14H,3,15-16H2,1-2H3,(H,32,36)(H,33,35)/b25-12+. The Morgan fingerprint density at radius 2 is 1.71 bits per heavy atom. The summed E-state index contributed by atoms with van der Waals surface area (Å²) in [6.07, 6.45) is 1.53. The van der Waals surface area contributed by atoms with Gasteiger partial charge in [0.15, 0.2) is 18.1 Å². The normalized spacial score (nSPS) is 13.9. The average molecular weight is 615 g/mol. The molecule has 3 aromatic rings. The monoisotopic (exact) mass is 613 g/mol. The molecule has 3 aromatic carbocycles. The van der Waals surface area contributed by atoms with Crippen LogP contribution < -0.4 is 20.1 Å². The summed E-state index contributed by atoms with van der Waals surface area (Å²) in [5.41, 5.74) is 2.39. The molecule has 12 heteroatoms. The molecule has 1 saturated heterocycles. The highest BCUT2D eigenvalue weighted by Gasteiger charge is 2.36. The summed E-state index contributed by atoms with van der Waals surface area (Å²) in [6.45, 7) is 3.21. The molecule has 0 bridgehead atoms. The molecule has 0 atom stereocenters. The minimum atomic E-state index is -0.589. The predicted octanol–water partition coefficient (Wildman–Crippen LogP) is 6.39. The van der Waals surface area contributed by atoms with Crippen molar-refractivity contribution in [2.24, 2.45) is 0 Å². The van der Waals surface area contributed by atoms with Gasteiger partial charge in [-0.25, -0.2) is 0 Å². The van der Waals surface area contributed by atoms with Gasteiger partial charge in [0, 0.05) is 21.4 Å². The summed E-state index contributed by atoms with van der Waals surface area (Å²) >= 11 is 12.7. The Bertz CT molecular complexity index is 1540. The lowest BCUT2D eigenvalue weighted by molar-refractivity contribution is -0.127. The van der Waals surface area contributed by atoms with Crippen LogP contribution in [0.3, 0.4) is 0 Å². The zero-order chi connectivity index (χ0) is 29.5. The Labute approximate surface area is 250 Å². The number of nitrogens with zero attached hydrogens (tertiary/aromatic N) is 1. The first-order valence-corrected chi connectivity index (χ1v) is 14.0. The Balaban J connectivity index is 1.41. The number of halogens is 2. The number of rotatable bonds is 10. The SMILES string of the molecule is CCOc1cc(/C=C2/SC(=O)N(CC(=O)Nc3cc(Cl)ccc3C)C2=O)ccc1OCC(=O)Nc1cccc(Cl)c1. The minimum Gasteiger partial charge on any atom is -0.490 e. The summed E-state index contributed by atoms with van der Waals surface area (Å²) < 4.78 is 11.3. The number of anilines is 2. The van der Waals surface area contributed by atoms with Crippen LogP contribution in [0.2, 0.25) is 10.0 Å². The number of thioether (sulfide) groups is 1. The van der Waals surface area contributed by atoms with Crippen molar-refractivity contribution in [3.8, 4) is 11.5 Å². The summed E-state index contributed by atoms with van der Waals surface area (Å²) in [6, 6.07) is 16.7. The molecule has 2 N–H and O–H groups in total. The molecule has 0 aromatic heterocycles. The molecule has 41 heavy (non-hydrogen) atoms. The van der Waals surface area contributed by atoms with E-state index in [0.717, 1.165) is 22.2 Å². The second-order valence-corrected chi connectivity index (χ2v) is 10.6. The molecule has 212 valence electrons. The molecule has 0 spiro atoms. The number of ether oxygens (including phenoxy) is 2.